The van der Waals surface area contributed by atoms with Crippen LogP contribution in [0.15, 0.2) is 85.2 Å². The average Bonchev–Trinajstić information content (AvgIpc) is 3.57. The van der Waals surface area contributed by atoms with Crippen LogP contribution in [0, 0.1) is 5.82 Å². The van der Waals surface area contributed by atoms with Crippen molar-refractivity contribution in [2.24, 2.45) is 0 Å². The molecule has 0 aliphatic heterocycles. The first-order valence-corrected chi connectivity index (χ1v) is 11.3. The summed E-state index contributed by atoms with van der Waals surface area (Å²) in [6.45, 7) is 0.922. The summed E-state index contributed by atoms with van der Waals surface area (Å²) in [6, 6.07) is 21.1. The van der Waals surface area contributed by atoms with Gasteiger partial charge in [-0.3, -0.25) is 9.50 Å². The van der Waals surface area contributed by atoms with E-state index < -0.39 is 5.60 Å². The maximum absolute atomic E-state index is 13.7. The van der Waals surface area contributed by atoms with Crippen LogP contribution in [0.5, 0.6) is 0 Å². The molecular weight excluding hydrogens is 447 g/mol. The van der Waals surface area contributed by atoms with Gasteiger partial charge in [-0.15, -0.1) is 0 Å². The van der Waals surface area contributed by atoms with Gasteiger partial charge in [0.25, 0.3) is 0 Å². The van der Waals surface area contributed by atoms with Gasteiger partial charge in [-0.2, -0.15) is 10.1 Å². The molecule has 3 heterocycles. The molecule has 1 atom stereocenters. The molecule has 0 saturated carbocycles. The fourth-order valence-electron chi connectivity index (χ4n) is 3.95. The van der Waals surface area contributed by atoms with Gasteiger partial charge in [0.1, 0.15) is 22.9 Å². The molecule has 9 heteroatoms. The van der Waals surface area contributed by atoms with Gasteiger partial charge in [0.2, 0.25) is 5.95 Å². The van der Waals surface area contributed by atoms with E-state index in [2.05, 4.69) is 25.5 Å². The van der Waals surface area contributed by atoms with Crippen LogP contribution in [-0.2, 0) is 16.9 Å². The number of halogens is 1. The number of ether oxygens (including phenoxy) is 1. The maximum Gasteiger partial charge on any atom is 0.216 e. The molecule has 0 bridgehead atoms. The summed E-state index contributed by atoms with van der Waals surface area (Å²) in [6.07, 6.45) is 4.28. The zero-order valence-corrected chi connectivity index (χ0v) is 18.9. The van der Waals surface area contributed by atoms with Gasteiger partial charge in [-0.05, 0) is 48.2 Å². The summed E-state index contributed by atoms with van der Waals surface area (Å²) < 4.78 is 21.3. The number of aromatic nitrogens is 5. The first-order chi connectivity index (χ1) is 17.1. The smallest absolute Gasteiger partial charge is 0.216 e. The number of benzene rings is 2. The summed E-state index contributed by atoms with van der Waals surface area (Å²) >= 11 is 0. The number of nitrogens with zero attached hydrogens (tertiary/aromatic N) is 4. The Morgan fingerprint density at radius 2 is 1.83 bits per heavy atom. The third-order valence-corrected chi connectivity index (χ3v) is 5.77. The number of rotatable bonds is 10. The van der Waals surface area contributed by atoms with Gasteiger partial charge in [0, 0.05) is 18.9 Å². The van der Waals surface area contributed by atoms with Crippen molar-refractivity contribution in [3.8, 4) is 0 Å². The predicted molar refractivity (Wildman–Crippen MR) is 130 cm³/mol. The van der Waals surface area contributed by atoms with Crippen LogP contribution >= 0.6 is 0 Å². The van der Waals surface area contributed by atoms with Gasteiger partial charge in [-0.25, -0.2) is 9.37 Å². The highest BCUT2D eigenvalue weighted by Crippen LogP contribution is 2.33. The number of anilines is 2. The Morgan fingerprint density at radius 3 is 2.60 bits per heavy atom. The van der Waals surface area contributed by atoms with Gasteiger partial charge < -0.3 is 15.2 Å². The first kappa shape index (κ1) is 22.7. The van der Waals surface area contributed by atoms with E-state index in [0.717, 1.165) is 5.56 Å². The number of aliphatic hydroxyl groups is 1. The Bertz CT molecular complexity index is 1370. The molecule has 5 aromatic rings. The zero-order valence-electron chi connectivity index (χ0n) is 18.9. The summed E-state index contributed by atoms with van der Waals surface area (Å²) in [7, 11) is 0. The molecule has 0 saturated heterocycles. The first-order valence-electron chi connectivity index (χ1n) is 11.3. The Kier molecular flexibility index (Phi) is 6.51. The monoisotopic (exact) mass is 472 g/mol. The number of fused-ring (bicyclic) bond motifs is 1. The lowest BCUT2D eigenvalue weighted by Gasteiger charge is -2.28. The third kappa shape index (κ3) is 5.06. The van der Waals surface area contributed by atoms with Crippen molar-refractivity contribution in [1.29, 1.82) is 0 Å². The zero-order chi connectivity index (χ0) is 24.1. The van der Waals surface area contributed by atoms with Crippen molar-refractivity contribution in [1.82, 2.24) is 24.6 Å². The van der Waals surface area contributed by atoms with E-state index in [-0.39, 0.29) is 18.1 Å². The van der Waals surface area contributed by atoms with E-state index in [0.29, 0.717) is 42.6 Å². The molecule has 1 unspecified atom stereocenters. The molecule has 0 radical (unpaired) electrons. The largest absolute Gasteiger partial charge is 0.377 e. The SMILES string of the molecule is OC(CCCOCc1ccccc1)(c1ccc(F)cc1)c1nc(Nc2ccn[nH]2)n2cccc2n1. The van der Waals surface area contributed by atoms with E-state index >= 15 is 0 Å². The second kappa shape index (κ2) is 10.0. The number of nitrogens with one attached hydrogen (secondary N) is 2. The van der Waals surface area contributed by atoms with Crippen LogP contribution in [-0.4, -0.2) is 36.3 Å². The second-order valence-electron chi connectivity index (χ2n) is 8.21. The highest BCUT2D eigenvalue weighted by Gasteiger charge is 2.35. The fraction of sp³-hybridized carbons (Fsp3) is 0.192. The van der Waals surface area contributed by atoms with E-state index in [4.69, 9.17) is 4.74 Å². The second-order valence-corrected chi connectivity index (χ2v) is 8.21. The third-order valence-electron chi connectivity index (χ3n) is 5.77. The van der Waals surface area contributed by atoms with E-state index in [1.165, 1.54) is 12.1 Å². The van der Waals surface area contributed by atoms with Crippen molar-refractivity contribution < 1.29 is 14.2 Å². The molecule has 0 fully saturated rings. The number of aromatic amines is 1. The molecule has 2 aromatic carbocycles. The molecule has 8 nitrogen and oxygen atoms in total. The lowest BCUT2D eigenvalue weighted by molar-refractivity contribution is 0.0420. The number of H-pyrrole nitrogens is 1. The van der Waals surface area contributed by atoms with Crippen LogP contribution < -0.4 is 5.32 Å². The fourth-order valence-corrected chi connectivity index (χ4v) is 3.95. The molecule has 0 amide bonds. The van der Waals surface area contributed by atoms with Crippen LogP contribution in [0.2, 0.25) is 0 Å². The van der Waals surface area contributed by atoms with Crippen molar-refractivity contribution in [2.75, 3.05) is 11.9 Å². The van der Waals surface area contributed by atoms with Gasteiger partial charge in [-0.1, -0.05) is 42.5 Å². The molecule has 5 rings (SSSR count). The predicted octanol–water partition coefficient (Wildman–Crippen LogP) is 4.57. The minimum absolute atomic E-state index is 0.209. The molecule has 178 valence electrons. The van der Waals surface area contributed by atoms with Crippen molar-refractivity contribution in [2.45, 2.75) is 25.0 Å². The molecule has 0 spiro atoms. The van der Waals surface area contributed by atoms with Crippen LogP contribution in [0.25, 0.3) is 5.65 Å². The molecular formula is C26H25FN6O2. The molecule has 0 aliphatic rings. The Hall–Kier alpha value is -4.08. The highest BCUT2D eigenvalue weighted by molar-refractivity contribution is 5.54. The quantitative estimate of drug-likeness (QED) is 0.258. The standard InChI is InChI=1S/C26H25FN6O2/c27-21-11-9-20(10-12-21)26(34,14-5-17-35-18-19-6-2-1-3-7-19)24-30-23-8-4-16-33(23)25(31-24)29-22-13-15-28-32-22/h1-4,6-13,15-16,34H,5,14,17-18H2,(H2,28,29,30,31,32). The van der Waals surface area contributed by atoms with Crippen LogP contribution in [0.1, 0.15) is 29.8 Å². The van der Waals surface area contributed by atoms with E-state index in [9.17, 15) is 9.50 Å². The Morgan fingerprint density at radius 1 is 1.00 bits per heavy atom. The maximum atomic E-state index is 13.7. The summed E-state index contributed by atoms with van der Waals surface area (Å²) in [5.74, 6) is 0.927. The summed E-state index contributed by atoms with van der Waals surface area (Å²) in [4.78, 5) is 9.32. The lowest BCUT2D eigenvalue weighted by Crippen LogP contribution is -2.31. The van der Waals surface area contributed by atoms with E-state index in [1.807, 2.05) is 48.7 Å². The minimum atomic E-state index is -1.56. The van der Waals surface area contributed by atoms with Crippen molar-refractivity contribution in [3.05, 3.63) is 108 Å². The molecule has 35 heavy (non-hydrogen) atoms. The highest BCUT2D eigenvalue weighted by atomic mass is 19.1. The Balaban J connectivity index is 1.43. The van der Waals surface area contributed by atoms with Gasteiger partial charge in [0.05, 0.1) is 12.8 Å². The number of hydrogen-bond donors (Lipinski definition) is 3. The lowest BCUT2D eigenvalue weighted by atomic mass is 9.88. The van der Waals surface area contributed by atoms with Gasteiger partial charge >= 0.3 is 0 Å². The molecule has 3 N–H and O–H groups in total. The molecule has 3 aromatic heterocycles. The van der Waals surface area contributed by atoms with Crippen molar-refractivity contribution in [3.63, 3.8) is 0 Å². The summed E-state index contributed by atoms with van der Waals surface area (Å²) in [5.41, 5.74) is 0.640. The normalized spacial score (nSPS) is 13.1. The molecule has 0 aliphatic carbocycles. The van der Waals surface area contributed by atoms with Gasteiger partial charge in [0.15, 0.2) is 5.82 Å². The van der Waals surface area contributed by atoms with Crippen LogP contribution in [0.4, 0.5) is 16.2 Å². The Labute approximate surface area is 201 Å². The topological polar surface area (TPSA) is 100 Å². The van der Waals surface area contributed by atoms with Crippen LogP contribution in [0.3, 0.4) is 0 Å². The van der Waals surface area contributed by atoms with E-state index in [1.54, 1.807) is 28.8 Å². The minimum Gasteiger partial charge on any atom is -0.377 e. The van der Waals surface area contributed by atoms with Crippen molar-refractivity contribution >= 4 is 17.4 Å². The average molecular weight is 473 g/mol. The summed E-state index contributed by atoms with van der Waals surface area (Å²) in [5, 5.41) is 21.9. The number of hydrogen-bond acceptors (Lipinski definition) is 6.